The summed E-state index contributed by atoms with van der Waals surface area (Å²) in [5.41, 5.74) is 2.13. The maximum atomic E-state index is 14.3. The highest BCUT2D eigenvalue weighted by Crippen LogP contribution is 2.25. The minimum Gasteiger partial charge on any atom is -0.497 e. The van der Waals surface area contributed by atoms with Crippen LogP contribution < -0.4 is 4.74 Å². The normalized spacial score (nSPS) is 15.7. The van der Waals surface area contributed by atoms with Gasteiger partial charge >= 0.3 is 0 Å². The van der Waals surface area contributed by atoms with Crippen LogP contribution in [0.4, 0.5) is 4.39 Å². The molecule has 7 nitrogen and oxygen atoms in total. The standard InChI is InChI=1S/C23H25FN4O3/c1-15-4-6-17(7-5-15)21-25-22(31-26-21)16(2)27-10-12-28(13-11-27)23(29)19-9-8-18(30-3)14-20(19)24/h4-9,14,16H,10-13H2,1-3H3. The Hall–Kier alpha value is -3.26. The summed E-state index contributed by atoms with van der Waals surface area (Å²) in [6, 6.07) is 12.2. The van der Waals surface area contributed by atoms with E-state index in [4.69, 9.17) is 9.26 Å². The first-order valence-corrected chi connectivity index (χ1v) is 10.2. The van der Waals surface area contributed by atoms with Gasteiger partial charge in [-0.1, -0.05) is 35.0 Å². The van der Waals surface area contributed by atoms with Crippen molar-refractivity contribution in [2.24, 2.45) is 0 Å². The van der Waals surface area contributed by atoms with Crippen molar-refractivity contribution in [3.8, 4) is 17.1 Å². The smallest absolute Gasteiger partial charge is 0.256 e. The molecule has 1 saturated heterocycles. The first-order valence-electron chi connectivity index (χ1n) is 10.2. The Morgan fingerprint density at radius 1 is 1.13 bits per heavy atom. The number of halogens is 1. The van der Waals surface area contributed by atoms with E-state index in [0.717, 1.165) is 5.56 Å². The van der Waals surface area contributed by atoms with Crippen LogP contribution in [-0.2, 0) is 0 Å². The minimum atomic E-state index is -0.574. The summed E-state index contributed by atoms with van der Waals surface area (Å²) in [6.07, 6.45) is 0. The molecule has 162 valence electrons. The molecular formula is C23H25FN4O3. The molecule has 1 fully saturated rings. The quantitative estimate of drug-likeness (QED) is 0.622. The lowest BCUT2D eigenvalue weighted by Crippen LogP contribution is -2.49. The van der Waals surface area contributed by atoms with Crippen LogP contribution >= 0.6 is 0 Å². The Morgan fingerprint density at radius 3 is 2.48 bits per heavy atom. The van der Waals surface area contributed by atoms with Crippen LogP contribution in [0.25, 0.3) is 11.4 Å². The number of amides is 1. The molecule has 0 radical (unpaired) electrons. The van der Waals surface area contributed by atoms with Gasteiger partial charge in [-0.3, -0.25) is 9.69 Å². The van der Waals surface area contributed by atoms with Crippen LogP contribution in [0.1, 0.15) is 34.8 Å². The van der Waals surface area contributed by atoms with E-state index in [1.54, 1.807) is 11.0 Å². The summed E-state index contributed by atoms with van der Waals surface area (Å²) < 4.78 is 24.8. The minimum absolute atomic E-state index is 0.0574. The Balaban J connectivity index is 1.38. The zero-order chi connectivity index (χ0) is 22.0. The number of aryl methyl sites for hydroxylation is 1. The Kier molecular flexibility index (Phi) is 5.99. The van der Waals surface area contributed by atoms with Crippen LogP contribution in [0, 0.1) is 12.7 Å². The zero-order valence-electron chi connectivity index (χ0n) is 17.8. The highest BCUT2D eigenvalue weighted by molar-refractivity contribution is 5.94. The molecule has 31 heavy (non-hydrogen) atoms. The fraction of sp³-hybridized carbons (Fsp3) is 0.348. The summed E-state index contributed by atoms with van der Waals surface area (Å²) in [6.45, 7) is 6.29. The summed E-state index contributed by atoms with van der Waals surface area (Å²) in [5, 5.41) is 4.11. The molecule has 0 N–H and O–H groups in total. The predicted octanol–water partition coefficient (Wildman–Crippen LogP) is 3.71. The van der Waals surface area contributed by atoms with Crippen LogP contribution in [0.3, 0.4) is 0 Å². The van der Waals surface area contributed by atoms with Gasteiger partial charge in [0.1, 0.15) is 11.6 Å². The van der Waals surface area contributed by atoms with Gasteiger partial charge < -0.3 is 14.2 Å². The third-order valence-electron chi connectivity index (χ3n) is 5.66. The molecule has 1 amide bonds. The molecule has 1 aliphatic heterocycles. The molecule has 3 aromatic rings. The van der Waals surface area contributed by atoms with Crippen LogP contribution in [-0.4, -0.2) is 59.1 Å². The second-order valence-electron chi connectivity index (χ2n) is 7.67. The average Bonchev–Trinajstić information content (AvgIpc) is 3.29. The van der Waals surface area contributed by atoms with E-state index >= 15 is 0 Å². The Labute approximate surface area is 180 Å². The molecule has 0 bridgehead atoms. The summed E-state index contributed by atoms with van der Waals surface area (Å²) in [5.74, 6) is 0.598. The average molecular weight is 424 g/mol. The van der Waals surface area contributed by atoms with Gasteiger partial charge in [0.25, 0.3) is 5.91 Å². The molecule has 4 rings (SSSR count). The Morgan fingerprint density at radius 2 is 1.84 bits per heavy atom. The molecule has 1 aliphatic rings. The number of carbonyl (C=O) groups is 1. The maximum absolute atomic E-state index is 14.3. The van der Waals surface area contributed by atoms with Gasteiger partial charge in [0, 0.05) is 37.8 Å². The number of hydrogen-bond donors (Lipinski definition) is 0. The summed E-state index contributed by atoms with van der Waals surface area (Å²) in [4.78, 5) is 21.1. The highest BCUT2D eigenvalue weighted by Gasteiger charge is 2.29. The lowest BCUT2D eigenvalue weighted by molar-refractivity contribution is 0.0547. The Bertz CT molecular complexity index is 1060. The monoisotopic (exact) mass is 424 g/mol. The van der Waals surface area contributed by atoms with Crippen LogP contribution in [0.2, 0.25) is 0 Å². The van der Waals surface area contributed by atoms with E-state index in [2.05, 4.69) is 15.0 Å². The maximum Gasteiger partial charge on any atom is 0.256 e. The molecule has 1 unspecified atom stereocenters. The molecular weight excluding hydrogens is 399 g/mol. The SMILES string of the molecule is COc1ccc(C(=O)N2CCN(C(C)c3nc(-c4ccc(C)cc4)no3)CC2)c(F)c1. The van der Waals surface area contributed by atoms with E-state index in [1.165, 1.54) is 24.8 Å². The zero-order valence-corrected chi connectivity index (χ0v) is 17.8. The molecule has 0 aliphatic carbocycles. The lowest BCUT2D eigenvalue weighted by Gasteiger charge is -2.36. The number of hydrogen-bond acceptors (Lipinski definition) is 6. The lowest BCUT2D eigenvalue weighted by atomic mass is 10.1. The third-order valence-corrected chi connectivity index (χ3v) is 5.66. The first-order chi connectivity index (χ1) is 15.0. The molecule has 2 heterocycles. The van der Waals surface area contributed by atoms with Gasteiger partial charge in [-0.2, -0.15) is 4.98 Å². The van der Waals surface area contributed by atoms with Crippen molar-refractivity contribution in [1.82, 2.24) is 19.9 Å². The van der Waals surface area contributed by atoms with Crippen molar-refractivity contribution >= 4 is 5.91 Å². The molecule has 1 atom stereocenters. The van der Waals surface area contributed by atoms with Gasteiger partial charge in [-0.15, -0.1) is 0 Å². The summed E-state index contributed by atoms with van der Waals surface area (Å²) in [7, 11) is 1.46. The number of carbonyl (C=O) groups excluding carboxylic acids is 1. The van der Waals surface area contributed by atoms with Gasteiger partial charge in [-0.05, 0) is 26.0 Å². The topological polar surface area (TPSA) is 71.7 Å². The van der Waals surface area contributed by atoms with E-state index < -0.39 is 5.82 Å². The number of rotatable bonds is 5. The first kappa shape index (κ1) is 21.0. The van der Waals surface area contributed by atoms with E-state index in [9.17, 15) is 9.18 Å². The molecule has 1 aromatic heterocycles. The number of piperazine rings is 1. The van der Waals surface area contributed by atoms with Crippen molar-refractivity contribution in [1.29, 1.82) is 0 Å². The van der Waals surface area contributed by atoms with Gasteiger partial charge in [-0.25, -0.2) is 4.39 Å². The largest absolute Gasteiger partial charge is 0.497 e. The van der Waals surface area contributed by atoms with Gasteiger partial charge in [0.2, 0.25) is 11.7 Å². The van der Waals surface area contributed by atoms with E-state index in [-0.39, 0.29) is 17.5 Å². The molecule has 0 saturated carbocycles. The number of nitrogens with zero attached hydrogens (tertiary/aromatic N) is 4. The van der Waals surface area contributed by atoms with Gasteiger partial charge in [0.05, 0.1) is 18.7 Å². The van der Waals surface area contributed by atoms with Gasteiger partial charge in [0.15, 0.2) is 0 Å². The number of ether oxygens (including phenoxy) is 1. The van der Waals surface area contributed by atoms with Crippen molar-refractivity contribution in [3.05, 3.63) is 65.3 Å². The van der Waals surface area contributed by atoms with Crippen LogP contribution in [0.15, 0.2) is 47.0 Å². The molecule has 8 heteroatoms. The number of aromatic nitrogens is 2. The van der Waals surface area contributed by atoms with E-state index in [0.29, 0.717) is 43.6 Å². The molecule has 0 spiro atoms. The summed E-state index contributed by atoms with van der Waals surface area (Å²) >= 11 is 0. The molecule has 2 aromatic carbocycles. The van der Waals surface area contributed by atoms with Crippen molar-refractivity contribution in [2.45, 2.75) is 19.9 Å². The fourth-order valence-corrected chi connectivity index (χ4v) is 3.66. The fourth-order valence-electron chi connectivity index (χ4n) is 3.66. The van der Waals surface area contributed by atoms with Crippen molar-refractivity contribution in [3.63, 3.8) is 0 Å². The number of methoxy groups -OCH3 is 1. The highest BCUT2D eigenvalue weighted by atomic mass is 19.1. The van der Waals surface area contributed by atoms with Crippen molar-refractivity contribution < 1.29 is 18.4 Å². The predicted molar refractivity (Wildman–Crippen MR) is 113 cm³/mol. The van der Waals surface area contributed by atoms with Crippen molar-refractivity contribution in [2.75, 3.05) is 33.3 Å². The second-order valence-corrected chi connectivity index (χ2v) is 7.67. The third kappa shape index (κ3) is 4.44. The number of benzene rings is 2. The second kappa shape index (κ2) is 8.85. The van der Waals surface area contributed by atoms with E-state index in [1.807, 2.05) is 38.1 Å². The van der Waals surface area contributed by atoms with Crippen LogP contribution in [0.5, 0.6) is 5.75 Å².